The summed E-state index contributed by atoms with van der Waals surface area (Å²) in [5.74, 6) is 0.0233. The molecule has 0 aromatic heterocycles. The van der Waals surface area contributed by atoms with E-state index in [1.165, 1.54) is 26.4 Å². The highest BCUT2D eigenvalue weighted by Gasteiger charge is 2.19. The molecule has 0 fully saturated rings. The molecule has 112 valence electrons. The van der Waals surface area contributed by atoms with Crippen molar-refractivity contribution in [1.29, 1.82) is 0 Å². The minimum atomic E-state index is -1.16. The van der Waals surface area contributed by atoms with Crippen LogP contribution in [0, 0.1) is 5.82 Å². The quantitative estimate of drug-likeness (QED) is 0.864. The second kappa shape index (κ2) is 6.64. The zero-order chi connectivity index (χ0) is 15.6. The number of rotatable bonds is 4. The summed E-state index contributed by atoms with van der Waals surface area (Å²) in [6, 6.07) is 7.52. The second-order valence-electron chi connectivity index (χ2n) is 4.30. The molecule has 2 aromatic carbocycles. The fraction of sp³-hybridized carbons (Fsp3) is 0.200. The van der Waals surface area contributed by atoms with Crippen LogP contribution in [-0.2, 0) is 0 Å². The molecule has 3 nitrogen and oxygen atoms in total. The number of aliphatic hydroxyl groups is 1. The first-order chi connectivity index (χ1) is 9.97. The lowest BCUT2D eigenvalue weighted by atomic mass is 10.0. The Balaban J connectivity index is 2.47. The molecule has 0 aliphatic carbocycles. The van der Waals surface area contributed by atoms with Gasteiger partial charge in [-0.05, 0) is 39.7 Å². The summed E-state index contributed by atoms with van der Waals surface area (Å²) in [5, 5.41) is 10.8. The third-order valence-electron chi connectivity index (χ3n) is 3.06. The summed E-state index contributed by atoms with van der Waals surface area (Å²) < 4.78 is 25.0. The van der Waals surface area contributed by atoms with Crippen molar-refractivity contribution in [3.63, 3.8) is 0 Å². The maximum atomic E-state index is 14.1. The standard InChI is InChI=1S/C15H13BrClFO3/c1-20-13-6-9(12(18)7-14(13)21-2)15(19)8-3-4-10(16)11(17)5-8/h3-7,15,19H,1-2H3. The molecular weight excluding hydrogens is 363 g/mol. The van der Waals surface area contributed by atoms with E-state index in [2.05, 4.69) is 15.9 Å². The molecule has 0 radical (unpaired) electrons. The van der Waals surface area contributed by atoms with Crippen molar-refractivity contribution < 1.29 is 19.0 Å². The number of benzene rings is 2. The molecule has 0 aliphatic rings. The average Bonchev–Trinajstić information content (AvgIpc) is 2.49. The van der Waals surface area contributed by atoms with E-state index < -0.39 is 11.9 Å². The molecule has 6 heteroatoms. The maximum Gasteiger partial charge on any atom is 0.163 e. The van der Waals surface area contributed by atoms with Gasteiger partial charge in [-0.2, -0.15) is 0 Å². The molecule has 2 aromatic rings. The molecule has 0 heterocycles. The van der Waals surface area contributed by atoms with Gasteiger partial charge in [-0.25, -0.2) is 4.39 Å². The first-order valence-corrected chi connectivity index (χ1v) is 7.19. The fourth-order valence-corrected chi connectivity index (χ4v) is 2.38. The number of hydrogen-bond acceptors (Lipinski definition) is 3. The summed E-state index contributed by atoms with van der Waals surface area (Å²) in [6.45, 7) is 0. The third kappa shape index (κ3) is 3.31. The summed E-state index contributed by atoms with van der Waals surface area (Å²) in [6.07, 6.45) is -1.16. The highest BCUT2D eigenvalue weighted by atomic mass is 79.9. The van der Waals surface area contributed by atoms with E-state index in [9.17, 15) is 9.50 Å². The van der Waals surface area contributed by atoms with E-state index in [4.69, 9.17) is 21.1 Å². The molecule has 0 bridgehead atoms. The smallest absolute Gasteiger partial charge is 0.163 e. The Morgan fingerprint density at radius 2 is 1.76 bits per heavy atom. The zero-order valence-electron chi connectivity index (χ0n) is 11.4. The van der Waals surface area contributed by atoms with Crippen molar-refractivity contribution in [2.45, 2.75) is 6.10 Å². The summed E-state index contributed by atoms with van der Waals surface area (Å²) >= 11 is 9.26. The first kappa shape index (κ1) is 16.1. The Hall–Kier alpha value is -1.30. The van der Waals surface area contributed by atoms with Gasteiger partial charge in [0, 0.05) is 16.1 Å². The van der Waals surface area contributed by atoms with E-state index in [0.29, 0.717) is 20.8 Å². The molecule has 1 atom stereocenters. The van der Waals surface area contributed by atoms with Gasteiger partial charge in [0.1, 0.15) is 11.9 Å². The summed E-state index contributed by atoms with van der Waals surface area (Å²) in [4.78, 5) is 0. The van der Waals surface area contributed by atoms with Gasteiger partial charge in [-0.1, -0.05) is 17.7 Å². The Labute approximate surface area is 135 Å². The van der Waals surface area contributed by atoms with E-state index in [1.807, 2.05) is 0 Å². The number of aliphatic hydroxyl groups excluding tert-OH is 1. The van der Waals surface area contributed by atoms with Crippen LogP contribution in [0.15, 0.2) is 34.8 Å². The van der Waals surface area contributed by atoms with Crippen LogP contribution in [0.3, 0.4) is 0 Å². The van der Waals surface area contributed by atoms with Crippen molar-refractivity contribution in [2.75, 3.05) is 14.2 Å². The van der Waals surface area contributed by atoms with Crippen LogP contribution in [0.2, 0.25) is 5.02 Å². The Morgan fingerprint density at radius 1 is 1.14 bits per heavy atom. The average molecular weight is 376 g/mol. The summed E-state index contributed by atoms with van der Waals surface area (Å²) in [7, 11) is 2.87. The SMILES string of the molecule is COc1cc(F)c(C(O)c2ccc(Br)c(Cl)c2)cc1OC. The van der Waals surface area contributed by atoms with Gasteiger partial charge in [0.05, 0.1) is 19.2 Å². The Kier molecular flexibility index (Phi) is 5.08. The molecule has 0 amide bonds. The molecule has 1 unspecified atom stereocenters. The predicted molar refractivity (Wildman–Crippen MR) is 82.7 cm³/mol. The predicted octanol–water partition coefficient (Wildman–Crippen LogP) is 4.34. The second-order valence-corrected chi connectivity index (χ2v) is 5.57. The molecule has 21 heavy (non-hydrogen) atoms. The largest absolute Gasteiger partial charge is 0.493 e. The lowest BCUT2D eigenvalue weighted by Gasteiger charge is -2.16. The number of hydrogen-bond donors (Lipinski definition) is 1. The third-order valence-corrected chi connectivity index (χ3v) is 4.29. The van der Waals surface area contributed by atoms with Crippen LogP contribution in [0.5, 0.6) is 11.5 Å². The van der Waals surface area contributed by atoms with E-state index in [-0.39, 0.29) is 11.3 Å². The van der Waals surface area contributed by atoms with Crippen molar-refractivity contribution in [1.82, 2.24) is 0 Å². The van der Waals surface area contributed by atoms with E-state index in [1.54, 1.807) is 18.2 Å². The van der Waals surface area contributed by atoms with Gasteiger partial charge in [0.2, 0.25) is 0 Å². The monoisotopic (exact) mass is 374 g/mol. The van der Waals surface area contributed by atoms with Crippen molar-refractivity contribution >= 4 is 27.5 Å². The molecule has 0 saturated carbocycles. The molecular formula is C15H13BrClFO3. The zero-order valence-corrected chi connectivity index (χ0v) is 13.7. The van der Waals surface area contributed by atoms with Gasteiger partial charge >= 0.3 is 0 Å². The van der Waals surface area contributed by atoms with Crippen LogP contribution < -0.4 is 9.47 Å². The lowest BCUT2D eigenvalue weighted by molar-refractivity contribution is 0.214. The van der Waals surface area contributed by atoms with Crippen LogP contribution in [0.1, 0.15) is 17.2 Å². The minimum absolute atomic E-state index is 0.0889. The number of ether oxygens (including phenoxy) is 2. The van der Waals surface area contributed by atoms with Gasteiger partial charge in [0.15, 0.2) is 11.5 Å². The van der Waals surface area contributed by atoms with Crippen LogP contribution in [-0.4, -0.2) is 19.3 Å². The molecule has 1 N–H and O–H groups in total. The molecule has 0 saturated heterocycles. The van der Waals surface area contributed by atoms with Gasteiger partial charge in [-0.15, -0.1) is 0 Å². The Bertz CT molecular complexity index is 664. The van der Waals surface area contributed by atoms with Gasteiger partial charge < -0.3 is 14.6 Å². The van der Waals surface area contributed by atoms with Crippen LogP contribution in [0.25, 0.3) is 0 Å². The fourth-order valence-electron chi connectivity index (χ4n) is 1.94. The topological polar surface area (TPSA) is 38.7 Å². The molecule has 2 rings (SSSR count). The molecule has 0 aliphatic heterocycles. The number of methoxy groups -OCH3 is 2. The lowest BCUT2D eigenvalue weighted by Crippen LogP contribution is -2.04. The minimum Gasteiger partial charge on any atom is -0.493 e. The normalized spacial score (nSPS) is 12.1. The Morgan fingerprint density at radius 3 is 2.33 bits per heavy atom. The van der Waals surface area contributed by atoms with Gasteiger partial charge in [-0.3, -0.25) is 0 Å². The van der Waals surface area contributed by atoms with Crippen molar-refractivity contribution in [3.05, 3.63) is 56.8 Å². The number of halogens is 3. The van der Waals surface area contributed by atoms with Crippen LogP contribution >= 0.6 is 27.5 Å². The highest BCUT2D eigenvalue weighted by molar-refractivity contribution is 9.10. The maximum absolute atomic E-state index is 14.1. The van der Waals surface area contributed by atoms with E-state index >= 15 is 0 Å². The molecule has 0 spiro atoms. The van der Waals surface area contributed by atoms with Crippen molar-refractivity contribution in [3.8, 4) is 11.5 Å². The first-order valence-electron chi connectivity index (χ1n) is 6.02. The van der Waals surface area contributed by atoms with Gasteiger partial charge in [0.25, 0.3) is 0 Å². The highest BCUT2D eigenvalue weighted by Crippen LogP contribution is 2.35. The van der Waals surface area contributed by atoms with E-state index in [0.717, 1.165) is 0 Å². The van der Waals surface area contributed by atoms with Crippen LogP contribution in [0.4, 0.5) is 4.39 Å². The summed E-state index contributed by atoms with van der Waals surface area (Å²) in [5.41, 5.74) is 0.570. The van der Waals surface area contributed by atoms with Crippen molar-refractivity contribution in [2.24, 2.45) is 0 Å².